The Bertz CT molecular complexity index is 410. The molecule has 3 nitrogen and oxygen atoms in total. The Morgan fingerprint density at radius 1 is 1.28 bits per heavy atom. The van der Waals surface area contributed by atoms with E-state index >= 15 is 0 Å². The van der Waals surface area contributed by atoms with Crippen molar-refractivity contribution in [2.24, 2.45) is 5.41 Å². The standard InChI is InChI=1S/C14H19NO2S/c16-10-14(7-1-2-8-14)9-15-13(17)11-3-5-12(18)6-4-11/h3-6,16,18H,1-2,7-10H2,(H,15,17). The molecule has 0 radical (unpaired) electrons. The van der Waals surface area contributed by atoms with Crippen LogP contribution in [0.1, 0.15) is 36.0 Å². The average Bonchev–Trinajstić information content (AvgIpc) is 2.86. The number of rotatable bonds is 4. The van der Waals surface area contributed by atoms with Crippen molar-refractivity contribution >= 4 is 18.5 Å². The largest absolute Gasteiger partial charge is 0.396 e. The number of benzene rings is 1. The van der Waals surface area contributed by atoms with Gasteiger partial charge in [0.2, 0.25) is 0 Å². The first kappa shape index (κ1) is 13.4. The van der Waals surface area contributed by atoms with Crippen LogP contribution in [0.25, 0.3) is 0 Å². The van der Waals surface area contributed by atoms with Gasteiger partial charge < -0.3 is 10.4 Å². The molecule has 0 spiro atoms. The number of hydrogen-bond donors (Lipinski definition) is 3. The fraction of sp³-hybridized carbons (Fsp3) is 0.500. The van der Waals surface area contributed by atoms with Crippen LogP contribution in [-0.2, 0) is 0 Å². The van der Waals surface area contributed by atoms with Crippen LogP contribution >= 0.6 is 12.6 Å². The molecule has 2 N–H and O–H groups in total. The summed E-state index contributed by atoms with van der Waals surface area (Å²) in [6.45, 7) is 0.716. The van der Waals surface area contributed by atoms with E-state index in [0.29, 0.717) is 12.1 Å². The van der Waals surface area contributed by atoms with Crippen LogP contribution in [0.4, 0.5) is 0 Å². The van der Waals surface area contributed by atoms with Crippen LogP contribution in [0.5, 0.6) is 0 Å². The van der Waals surface area contributed by atoms with Crippen LogP contribution in [0.3, 0.4) is 0 Å². The maximum atomic E-state index is 12.0. The quantitative estimate of drug-likeness (QED) is 0.731. The zero-order chi connectivity index (χ0) is 13.0. The molecule has 0 bridgehead atoms. The number of amides is 1. The van der Waals surface area contributed by atoms with Crippen molar-refractivity contribution in [1.29, 1.82) is 0 Å². The van der Waals surface area contributed by atoms with Crippen LogP contribution < -0.4 is 5.32 Å². The van der Waals surface area contributed by atoms with Crippen LogP contribution in [0.15, 0.2) is 29.2 Å². The van der Waals surface area contributed by atoms with Crippen molar-refractivity contribution in [1.82, 2.24) is 5.32 Å². The van der Waals surface area contributed by atoms with Gasteiger partial charge in [0.25, 0.3) is 5.91 Å². The van der Waals surface area contributed by atoms with Gasteiger partial charge >= 0.3 is 0 Å². The van der Waals surface area contributed by atoms with Crippen molar-refractivity contribution in [2.45, 2.75) is 30.6 Å². The molecule has 0 heterocycles. The number of hydrogen-bond acceptors (Lipinski definition) is 3. The van der Waals surface area contributed by atoms with E-state index in [1.165, 1.54) is 0 Å². The lowest BCUT2D eigenvalue weighted by Crippen LogP contribution is -2.38. The highest BCUT2D eigenvalue weighted by molar-refractivity contribution is 7.80. The number of thiol groups is 1. The monoisotopic (exact) mass is 265 g/mol. The summed E-state index contributed by atoms with van der Waals surface area (Å²) in [5.74, 6) is -0.0805. The fourth-order valence-corrected chi connectivity index (χ4v) is 2.65. The number of carbonyl (C=O) groups is 1. The third kappa shape index (κ3) is 3.06. The molecule has 1 aliphatic carbocycles. The lowest BCUT2D eigenvalue weighted by Gasteiger charge is -2.26. The van der Waals surface area contributed by atoms with E-state index in [1.54, 1.807) is 24.3 Å². The molecule has 4 heteroatoms. The smallest absolute Gasteiger partial charge is 0.251 e. The minimum atomic E-state index is -0.0981. The third-order valence-corrected chi connectivity index (χ3v) is 4.05. The van der Waals surface area contributed by atoms with Gasteiger partial charge in [0, 0.05) is 22.4 Å². The summed E-state index contributed by atoms with van der Waals surface area (Å²) < 4.78 is 0. The number of aliphatic hydroxyl groups is 1. The summed E-state index contributed by atoms with van der Waals surface area (Å²) in [5.41, 5.74) is 0.540. The van der Waals surface area contributed by atoms with E-state index in [0.717, 1.165) is 30.6 Å². The second-order valence-corrected chi connectivity index (χ2v) is 5.61. The summed E-state index contributed by atoms with van der Waals surface area (Å²) >= 11 is 4.19. The van der Waals surface area contributed by atoms with Crippen LogP contribution in [-0.4, -0.2) is 24.2 Å². The molecule has 1 amide bonds. The predicted octanol–water partition coefficient (Wildman–Crippen LogP) is 2.26. The summed E-state index contributed by atoms with van der Waals surface area (Å²) in [6, 6.07) is 7.13. The predicted molar refractivity (Wildman–Crippen MR) is 74.0 cm³/mol. The Morgan fingerprint density at radius 3 is 2.44 bits per heavy atom. The van der Waals surface area contributed by atoms with Gasteiger partial charge in [-0.25, -0.2) is 0 Å². The van der Waals surface area contributed by atoms with Crippen molar-refractivity contribution in [3.63, 3.8) is 0 Å². The fourth-order valence-electron chi connectivity index (χ4n) is 2.50. The normalized spacial score (nSPS) is 17.7. The van der Waals surface area contributed by atoms with Gasteiger partial charge in [-0.1, -0.05) is 12.8 Å². The first-order valence-electron chi connectivity index (χ1n) is 6.33. The van der Waals surface area contributed by atoms with E-state index in [-0.39, 0.29) is 17.9 Å². The second kappa shape index (κ2) is 5.76. The van der Waals surface area contributed by atoms with Gasteiger partial charge in [0.1, 0.15) is 0 Å². The van der Waals surface area contributed by atoms with Gasteiger partial charge in [-0.15, -0.1) is 12.6 Å². The summed E-state index contributed by atoms with van der Waals surface area (Å²) in [5, 5.41) is 12.4. The minimum absolute atomic E-state index is 0.0805. The lowest BCUT2D eigenvalue weighted by atomic mass is 9.87. The van der Waals surface area contributed by atoms with Gasteiger partial charge in [-0.05, 0) is 37.1 Å². The molecule has 0 saturated heterocycles. The Kier molecular flexibility index (Phi) is 4.30. The van der Waals surface area contributed by atoms with Crippen molar-refractivity contribution in [3.8, 4) is 0 Å². The highest BCUT2D eigenvalue weighted by Gasteiger charge is 2.33. The van der Waals surface area contributed by atoms with Gasteiger partial charge in [-0.3, -0.25) is 4.79 Å². The van der Waals surface area contributed by atoms with Crippen molar-refractivity contribution < 1.29 is 9.90 Å². The zero-order valence-corrected chi connectivity index (χ0v) is 11.2. The second-order valence-electron chi connectivity index (χ2n) is 5.09. The van der Waals surface area contributed by atoms with E-state index in [9.17, 15) is 9.90 Å². The highest BCUT2D eigenvalue weighted by Crippen LogP contribution is 2.36. The van der Waals surface area contributed by atoms with E-state index in [1.807, 2.05) is 0 Å². The first-order chi connectivity index (χ1) is 8.65. The average molecular weight is 265 g/mol. The molecule has 2 rings (SSSR count). The maximum Gasteiger partial charge on any atom is 0.251 e. The Labute approximate surface area is 113 Å². The van der Waals surface area contributed by atoms with Crippen molar-refractivity contribution in [3.05, 3.63) is 29.8 Å². The first-order valence-corrected chi connectivity index (χ1v) is 6.78. The molecule has 98 valence electrons. The molecule has 0 aliphatic heterocycles. The molecule has 1 aliphatic rings. The molecule has 1 aromatic carbocycles. The SMILES string of the molecule is O=C(NCC1(CO)CCCC1)c1ccc(S)cc1. The number of carbonyl (C=O) groups excluding carboxylic acids is 1. The summed E-state index contributed by atoms with van der Waals surface area (Å²) in [4.78, 5) is 12.8. The number of aliphatic hydroxyl groups excluding tert-OH is 1. The maximum absolute atomic E-state index is 12.0. The highest BCUT2D eigenvalue weighted by atomic mass is 32.1. The minimum Gasteiger partial charge on any atom is -0.396 e. The Morgan fingerprint density at radius 2 is 1.89 bits per heavy atom. The van der Waals surface area contributed by atoms with E-state index in [2.05, 4.69) is 17.9 Å². The molecule has 1 fully saturated rings. The van der Waals surface area contributed by atoms with Crippen molar-refractivity contribution in [2.75, 3.05) is 13.2 Å². The van der Waals surface area contributed by atoms with E-state index < -0.39 is 0 Å². The molecule has 18 heavy (non-hydrogen) atoms. The molecular weight excluding hydrogens is 246 g/mol. The Balaban J connectivity index is 1.93. The van der Waals surface area contributed by atoms with E-state index in [4.69, 9.17) is 0 Å². The van der Waals surface area contributed by atoms with Gasteiger partial charge in [0.15, 0.2) is 0 Å². The summed E-state index contributed by atoms with van der Waals surface area (Å²) in [7, 11) is 0. The summed E-state index contributed by atoms with van der Waals surface area (Å²) in [6.07, 6.45) is 4.29. The topological polar surface area (TPSA) is 49.3 Å². The molecule has 0 aromatic heterocycles. The molecule has 0 unspecified atom stereocenters. The molecule has 1 aromatic rings. The molecular formula is C14H19NO2S. The lowest BCUT2D eigenvalue weighted by molar-refractivity contribution is 0.0880. The third-order valence-electron chi connectivity index (χ3n) is 3.75. The van der Waals surface area contributed by atoms with Gasteiger partial charge in [-0.2, -0.15) is 0 Å². The zero-order valence-electron chi connectivity index (χ0n) is 10.4. The Hall–Kier alpha value is -1.00. The molecule has 0 atom stereocenters. The van der Waals surface area contributed by atoms with Gasteiger partial charge in [0.05, 0.1) is 6.61 Å². The molecule has 1 saturated carbocycles. The van der Waals surface area contributed by atoms with Crippen LogP contribution in [0.2, 0.25) is 0 Å². The van der Waals surface area contributed by atoms with Crippen LogP contribution in [0, 0.1) is 5.41 Å². The number of nitrogens with one attached hydrogen (secondary N) is 1.